The number of nitrogens with zero attached hydrogens (tertiary/aromatic N) is 2. The summed E-state index contributed by atoms with van der Waals surface area (Å²) in [4.78, 5) is 8.23. The highest BCUT2D eigenvalue weighted by Gasteiger charge is 2.27. The molecular formula is C11H16N2O2S. The number of ether oxygens (including phenoxy) is 1. The molecule has 1 fully saturated rings. The fourth-order valence-corrected chi connectivity index (χ4v) is 3.20. The Balaban J connectivity index is 2.15. The van der Waals surface area contributed by atoms with Crippen LogP contribution in [0.15, 0.2) is 12.4 Å². The van der Waals surface area contributed by atoms with E-state index in [-0.39, 0.29) is 5.25 Å². The third-order valence-corrected chi connectivity index (χ3v) is 4.18. The summed E-state index contributed by atoms with van der Waals surface area (Å²) in [6.45, 7) is 0. The first-order chi connectivity index (χ1) is 7.83. The molecule has 88 valence electrons. The summed E-state index contributed by atoms with van der Waals surface area (Å²) in [6.07, 6.45) is 6.04. The van der Waals surface area contributed by atoms with Gasteiger partial charge in [0, 0.05) is 17.6 Å². The molecule has 0 spiro atoms. The molecule has 2 unspecified atom stereocenters. The average Bonchev–Trinajstić information content (AvgIpc) is 2.39. The van der Waals surface area contributed by atoms with Crippen molar-refractivity contribution in [1.82, 2.24) is 9.97 Å². The van der Waals surface area contributed by atoms with E-state index in [9.17, 15) is 5.11 Å². The Morgan fingerprint density at radius 3 is 2.94 bits per heavy atom. The summed E-state index contributed by atoms with van der Waals surface area (Å²) in [6, 6.07) is 0. The van der Waals surface area contributed by atoms with Crippen LogP contribution in [0.4, 0.5) is 0 Å². The molecule has 2 rings (SSSR count). The van der Waals surface area contributed by atoms with E-state index in [0.29, 0.717) is 11.6 Å². The summed E-state index contributed by atoms with van der Waals surface area (Å²) in [5.41, 5.74) is 0.560. The van der Waals surface area contributed by atoms with E-state index in [4.69, 9.17) is 4.74 Å². The molecule has 1 N–H and O–H groups in total. The highest BCUT2D eigenvalue weighted by Crippen LogP contribution is 2.36. The molecule has 1 saturated heterocycles. The molecule has 0 radical (unpaired) electrons. The molecule has 2 atom stereocenters. The standard InChI is InChI=1S/C11H16N2O2S/c1-15-11-9(12-5-6-13-11)10(14)8-4-2-3-7-16-8/h5-6,8,10,14H,2-4,7H2,1H3. The Hall–Kier alpha value is -0.810. The molecule has 0 saturated carbocycles. The number of aliphatic hydroxyl groups is 1. The summed E-state index contributed by atoms with van der Waals surface area (Å²) in [5, 5.41) is 10.5. The molecule has 2 heterocycles. The number of aromatic nitrogens is 2. The van der Waals surface area contributed by atoms with E-state index >= 15 is 0 Å². The molecule has 0 bridgehead atoms. The van der Waals surface area contributed by atoms with Gasteiger partial charge in [0.2, 0.25) is 5.88 Å². The van der Waals surface area contributed by atoms with Crippen LogP contribution in [0.5, 0.6) is 5.88 Å². The van der Waals surface area contributed by atoms with E-state index in [2.05, 4.69) is 9.97 Å². The van der Waals surface area contributed by atoms with Gasteiger partial charge in [0.1, 0.15) is 11.8 Å². The third-order valence-electron chi connectivity index (χ3n) is 2.73. The Morgan fingerprint density at radius 2 is 2.25 bits per heavy atom. The van der Waals surface area contributed by atoms with Crippen molar-refractivity contribution in [3.05, 3.63) is 18.1 Å². The van der Waals surface area contributed by atoms with Crippen LogP contribution in [0.2, 0.25) is 0 Å². The van der Waals surface area contributed by atoms with Crippen molar-refractivity contribution in [1.29, 1.82) is 0 Å². The molecular weight excluding hydrogens is 224 g/mol. The van der Waals surface area contributed by atoms with Crippen LogP contribution in [0, 0.1) is 0 Å². The summed E-state index contributed by atoms with van der Waals surface area (Å²) < 4.78 is 5.11. The maximum atomic E-state index is 10.3. The van der Waals surface area contributed by atoms with E-state index < -0.39 is 6.10 Å². The predicted molar refractivity (Wildman–Crippen MR) is 63.6 cm³/mol. The topological polar surface area (TPSA) is 55.2 Å². The molecule has 0 aromatic carbocycles. The van der Waals surface area contributed by atoms with E-state index in [0.717, 1.165) is 12.2 Å². The molecule has 1 aromatic rings. The van der Waals surface area contributed by atoms with Gasteiger partial charge in [0.05, 0.1) is 7.11 Å². The fourth-order valence-electron chi connectivity index (χ4n) is 1.89. The van der Waals surface area contributed by atoms with Gasteiger partial charge < -0.3 is 9.84 Å². The summed E-state index contributed by atoms with van der Waals surface area (Å²) >= 11 is 1.81. The van der Waals surface area contributed by atoms with Crippen molar-refractivity contribution in [2.45, 2.75) is 30.6 Å². The van der Waals surface area contributed by atoms with Gasteiger partial charge in [-0.2, -0.15) is 11.8 Å². The quantitative estimate of drug-likeness (QED) is 0.873. The second-order valence-electron chi connectivity index (χ2n) is 3.80. The number of thioether (sulfide) groups is 1. The second-order valence-corrected chi connectivity index (χ2v) is 5.15. The monoisotopic (exact) mass is 240 g/mol. The van der Waals surface area contributed by atoms with Crippen LogP contribution in [0.3, 0.4) is 0 Å². The van der Waals surface area contributed by atoms with Crippen molar-refractivity contribution in [2.75, 3.05) is 12.9 Å². The van der Waals surface area contributed by atoms with Gasteiger partial charge in [0.25, 0.3) is 0 Å². The minimum Gasteiger partial charge on any atom is -0.480 e. The van der Waals surface area contributed by atoms with Gasteiger partial charge in [-0.25, -0.2) is 4.98 Å². The van der Waals surface area contributed by atoms with E-state index in [1.54, 1.807) is 19.5 Å². The van der Waals surface area contributed by atoms with Crippen molar-refractivity contribution in [3.63, 3.8) is 0 Å². The van der Waals surface area contributed by atoms with Crippen LogP contribution in [0.1, 0.15) is 31.1 Å². The number of aliphatic hydroxyl groups excluding tert-OH is 1. The van der Waals surface area contributed by atoms with Crippen LogP contribution in [0.25, 0.3) is 0 Å². The summed E-state index contributed by atoms with van der Waals surface area (Å²) in [7, 11) is 1.55. The molecule has 5 heteroatoms. The first kappa shape index (κ1) is 11.7. The lowest BCUT2D eigenvalue weighted by atomic mass is 10.1. The number of hydrogen-bond acceptors (Lipinski definition) is 5. The zero-order chi connectivity index (χ0) is 11.4. The van der Waals surface area contributed by atoms with Gasteiger partial charge in [-0.3, -0.25) is 4.98 Å². The normalized spacial score (nSPS) is 22.8. The van der Waals surface area contributed by atoms with E-state index in [1.807, 2.05) is 11.8 Å². The Kier molecular flexibility index (Phi) is 4.01. The number of methoxy groups -OCH3 is 1. The molecule has 1 aliphatic heterocycles. The minimum absolute atomic E-state index is 0.222. The smallest absolute Gasteiger partial charge is 0.238 e. The number of hydrogen-bond donors (Lipinski definition) is 1. The van der Waals surface area contributed by atoms with Gasteiger partial charge in [0.15, 0.2) is 0 Å². The maximum absolute atomic E-state index is 10.3. The lowest BCUT2D eigenvalue weighted by molar-refractivity contribution is 0.158. The molecule has 1 aromatic heterocycles. The highest BCUT2D eigenvalue weighted by atomic mass is 32.2. The Labute approximate surface area is 99.5 Å². The van der Waals surface area contributed by atoms with Gasteiger partial charge >= 0.3 is 0 Å². The largest absolute Gasteiger partial charge is 0.480 e. The molecule has 16 heavy (non-hydrogen) atoms. The van der Waals surface area contributed by atoms with E-state index in [1.165, 1.54) is 12.8 Å². The van der Waals surface area contributed by atoms with Gasteiger partial charge in [-0.15, -0.1) is 0 Å². The van der Waals surface area contributed by atoms with Crippen molar-refractivity contribution >= 4 is 11.8 Å². The first-order valence-corrected chi connectivity index (χ1v) is 6.52. The van der Waals surface area contributed by atoms with Crippen molar-refractivity contribution in [3.8, 4) is 5.88 Å². The van der Waals surface area contributed by atoms with Gasteiger partial charge in [-0.05, 0) is 18.6 Å². The zero-order valence-electron chi connectivity index (χ0n) is 9.30. The zero-order valence-corrected chi connectivity index (χ0v) is 10.1. The van der Waals surface area contributed by atoms with Crippen LogP contribution < -0.4 is 4.74 Å². The summed E-state index contributed by atoms with van der Waals surface area (Å²) in [5.74, 6) is 1.55. The lowest BCUT2D eigenvalue weighted by Crippen LogP contribution is -2.20. The molecule has 4 nitrogen and oxygen atoms in total. The molecule has 0 amide bonds. The van der Waals surface area contributed by atoms with Crippen LogP contribution in [-0.4, -0.2) is 33.2 Å². The van der Waals surface area contributed by atoms with Crippen LogP contribution >= 0.6 is 11.8 Å². The number of rotatable bonds is 3. The maximum Gasteiger partial charge on any atom is 0.238 e. The van der Waals surface area contributed by atoms with Crippen molar-refractivity contribution in [2.24, 2.45) is 0 Å². The molecule has 0 aliphatic carbocycles. The highest BCUT2D eigenvalue weighted by molar-refractivity contribution is 7.99. The lowest BCUT2D eigenvalue weighted by Gasteiger charge is -2.26. The fraction of sp³-hybridized carbons (Fsp3) is 0.636. The van der Waals surface area contributed by atoms with Gasteiger partial charge in [-0.1, -0.05) is 6.42 Å². The Bertz CT molecular complexity index is 343. The minimum atomic E-state index is -0.575. The van der Waals surface area contributed by atoms with Crippen molar-refractivity contribution < 1.29 is 9.84 Å². The molecule has 1 aliphatic rings. The average molecular weight is 240 g/mol. The van der Waals surface area contributed by atoms with Crippen LogP contribution in [-0.2, 0) is 0 Å². The Morgan fingerprint density at radius 1 is 1.44 bits per heavy atom. The first-order valence-electron chi connectivity index (χ1n) is 5.47. The SMILES string of the molecule is COc1nccnc1C(O)C1CCCCS1. The predicted octanol–water partition coefficient (Wildman–Crippen LogP) is 1.80. The second kappa shape index (κ2) is 5.50. The third kappa shape index (κ3) is 2.47.